The number of allylic oxidation sites excluding steroid dienone is 5. The molecule has 4 rings (SSSR count). The summed E-state index contributed by atoms with van der Waals surface area (Å²) in [5.74, 6) is 0.918. The maximum Gasteiger partial charge on any atom is 0.328 e. The zero-order valence-corrected chi connectivity index (χ0v) is 17.1. The number of benzene rings is 2. The Morgan fingerprint density at radius 1 is 1.07 bits per heavy atom. The van der Waals surface area contributed by atoms with Crippen molar-refractivity contribution in [1.82, 2.24) is 0 Å². The molecule has 2 aromatic carbocycles. The van der Waals surface area contributed by atoms with Crippen LogP contribution in [0.15, 0.2) is 66.5 Å². The van der Waals surface area contributed by atoms with E-state index in [0.29, 0.717) is 35.7 Å². The van der Waals surface area contributed by atoms with Crippen LogP contribution in [0.25, 0.3) is 21.2 Å². The first-order valence-corrected chi connectivity index (χ1v) is 10.3. The number of phenolic OH excluding ortho intramolecular Hbond substituents is 1. The highest BCUT2D eigenvalue weighted by molar-refractivity contribution is 7.20. The van der Waals surface area contributed by atoms with Crippen LogP contribution in [-0.4, -0.2) is 21.3 Å². The van der Waals surface area contributed by atoms with Crippen molar-refractivity contribution in [3.8, 4) is 17.2 Å². The van der Waals surface area contributed by atoms with Crippen LogP contribution in [-0.2, 0) is 4.79 Å². The van der Waals surface area contributed by atoms with E-state index >= 15 is 0 Å². The summed E-state index contributed by atoms with van der Waals surface area (Å²) in [6.07, 6.45) is 6.06. The molecule has 30 heavy (non-hydrogen) atoms. The van der Waals surface area contributed by atoms with Crippen molar-refractivity contribution in [3.05, 3.63) is 76.9 Å². The molecule has 152 valence electrons. The van der Waals surface area contributed by atoms with Gasteiger partial charge in [0.1, 0.15) is 11.5 Å². The summed E-state index contributed by atoms with van der Waals surface area (Å²) in [6, 6.07) is 12.5. The van der Waals surface area contributed by atoms with Crippen LogP contribution in [0, 0.1) is 0 Å². The number of carboxylic acids is 1. The molecule has 5 nitrogen and oxygen atoms in total. The highest BCUT2D eigenvalue weighted by Crippen LogP contribution is 2.46. The van der Waals surface area contributed by atoms with Crippen molar-refractivity contribution in [1.29, 1.82) is 0 Å². The lowest BCUT2D eigenvalue weighted by Gasteiger charge is -2.13. The summed E-state index contributed by atoms with van der Waals surface area (Å²) in [4.78, 5) is 11.8. The smallest absolute Gasteiger partial charge is 0.328 e. The SMILES string of the molecule is C/C(=C\C(=O)O)c1ccc(Oc2c(C3=CC=C(O)CC3)sc3cc(O)ccc23)cc1. The molecule has 0 amide bonds. The fourth-order valence-electron chi connectivity index (χ4n) is 3.36. The second-order valence-electron chi connectivity index (χ2n) is 7.08. The molecule has 0 unspecified atom stereocenters. The first kappa shape index (κ1) is 19.8. The van der Waals surface area contributed by atoms with Crippen LogP contribution in [0.1, 0.15) is 30.2 Å². The fraction of sp³-hybridized carbons (Fsp3) is 0.125. The molecule has 0 bridgehead atoms. The number of fused-ring (bicyclic) bond motifs is 1. The number of rotatable bonds is 5. The zero-order chi connectivity index (χ0) is 21.3. The number of aromatic hydroxyl groups is 1. The molecule has 1 heterocycles. The van der Waals surface area contributed by atoms with Crippen molar-refractivity contribution in [2.75, 3.05) is 0 Å². The van der Waals surface area contributed by atoms with Gasteiger partial charge >= 0.3 is 5.97 Å². The Labute approximate surface area is 177 Å². The molecule has 1 aliphatic carbocycles. The first-order chi connectivity index (χ1) is 14.4. The van der Waals surface area contributed by atoms with Gasteiger partial charge in [-0.2, -0.15) is 0 Å². The molecule has 0 saturated carbocycles. The first-order valence-electron chi connectivity index (χ1n) is 9.45. The lowest BCUT2D eigenvalue weighted by atomic mass is 10.0. The van der Waals surface area contributed by atoms with Gasteiger partial charge in [0.15, 0.2) is 5.75 Å². The van der Waals surface area contributed by atoms with Gasteiger partial charge in [-0.05, 0) is 66.5 Å². The molecular formula is C24H20O5S. The Morgan fingerprint density at radius 2 is 1.83 bits per heavy atom. The number of aliphatic hydroxyl groups excluding tert-OH is 1. The Balaban J connectivity index is 1.73. The van der Waals surface area contributed by atoms with E-state index in [-0.39, 0.29) is 5.75 Å². The number of hydrogen-bond acceptors (Lipinski definition) is 5. The maximum atomic E-state index is 10.9. The summed E-state index contributed by atoms with van der Waals surface area (Å²) in [5.41, 5.74) is 2.53. The number of phenols is 1. The summed E-state index contributed by atoms with van der Waals surface area (Å²) in [6.45, 7) is 1.75. The number of carbonyl (C=O) groups is 1. The van der Waals surface area contributed by atoms with Gasteiger partial charge in [-0.3, -0.25) is 0 Å². The maximum absolute atomic E-state index is 10.9. The van der Waals surface area contributed by atoms with E-state index in [0.717, 1.165) is 26.1 Å². The Morgan fingerprint density at radius 3 is 2.50 bits per heavy atom. The van der Waals surface area contributed by atoms with Gasteiger partial charge in [-0.1, -0.05) is 18.2 Å². The Kier molecular flexibility index (Phi) is 5.33. The number of aliphatic hydroxyl groups is 1. The molecule has 0 aliphatic heterocycles. The van der Waals surface area contributed by atoms with E-state index in [4.69, 9.17) is 9.84 Å². The molecule has 0 fully saturated rings. The standard InChI is InChI=1S/C24H20O5S/c1-14(12-22(27)28)15-4-9-19(10-5-15)29-23-20-11-8-18(26)13-21(20)30-24(23)16-2-6-17(25)7-3-16/h2,4-6,8-13,25-26H,3,7H2,1H3,(H,27,28)/b14-12+. The lowest BCUT2D eigenvalue weighted by molar-refractivity contribution is -0.131. The van der Waals surface area contributed by atoms with E-state index in [2.05, 4.69) is 0 Å². The molecule has 1 aliphatic rings. The van der Waals surface area contributed by atoms with Crippen molar-refractivity contribution in [2.24, 2.45) is 0 Å². The molecule has 6 heteroatoms. The van der Waals surface area contributed by atoms with Crippen LogP contribution in [0.2, 0.25) is 0 Å². The molecular weight excluding hydrogens is 400 g/mol. The van der Waals surface area contributed by atoms with Gasteiger partial charge in [0.05, 0.1) is 10.6 Å². The van der Waals surface area contributed by atoms with Crippen LogP contribution in [0.3, 0.4) is 0 Å². The van der Waals surface area contributed by atoms with Crippen LogP contribution in [0.5, 0.6) is 17.2 Å². The lowest BCUT2D eigenvalue weighted by Crippen LogP contribution is -1.94. The van der Waals surface area contributed by atoms with E-state index in [9.17, 15) is 15.0 Å². The average Bonchev–Trinajstić information content (AvgIpc) is 3.06. The topological polar surface area (TPSA) is 87.0 Å². The van der Waals surface area contributed by atoms with E-state index < -0.39 is 5.97 Å². The average molecular weight is 420 g/mol. The number of aliphatic carboxylic acids is 1. The minimum Gasteiger partial charge on any atom is -0.512 e. The summed E-state index contributed by atoms with van der Waals surface area (Å²) in [5, 5.41) is 29.4. The van der Waals surface area contributed by atoms with E-state index in [1.54, 1.807) is 36.5 Å². The third kappa shape index (κ3) is 4.09. The molecule has 0 radical (unpaired) electrons. The van der Waals surface area contributed by atoms with Crippen molar-refractivity contribution >= 4 is 38.5 Å². The predicted molar refractivity (Wildman–Crippen MR) is 119 cm³/mol. The van der Waals surface area contributed by atoms with Crippen LogP contribution >= 0.6 is 11.3 Å². The Hall–Kier alpha value is -3.51. The van der Waals surface area contributed by atoms with Crippen LogP contribution in [0.4, 0.5) is 0 Å². The number of hydrogen-bond donors (Lipinski definition) is 3. The van der Waals surface area contributed by atoms with Gasteiger partial charge < -0.3 is 20.1 Å². The second-order valence-corrected chi connectivity index (χ2v) is 8.13. The minimum absolute atomic E-state index is 0.196. The third-order valence-corrected chi connectivity index (χ3v) is 6.13. The monoisotopic (exact) mass is 420 g/mol. The fourth-order valence-corrected chi connectivity index (χ4v) is 4.58. The van der Waals surface area contributed by atoms with Gasteiger partial charge in [0.2, 0.25) is 0 Å². The summed E-state index contributed by atoms with van der Waals surface area (Å²) < 4.78 is 7.18. The zero-order valence-electron chi connectivity index (χ0n) is 16.3. The van der Waals surface area contributed by atoms with Crippen LogP contribution < -0.4 is 4.74 Å². The highest BCUT2D eigenvalue weighted by atomic mass is 32.1. The second kappa shape index (κ2) is 8.08. The molecule has 3 aromatic rings. The molecule has 0 spiro atoms. The molecule has 3 N–H and O–H groups in total. The van der Waals surface area contributed by atoms with Gasteiger partial charge in [-0.25, -0.2) is 4.79 Å². The van der Waals surface area contributed by atoms with E-state index in [1.165, 1.54) is 6.08 Å². The normalized spacial score (nSPS) is 14.4. The molecule has 1 aromatic heterocycles. The molecule has 0 atom stereocenters. The molecule has 0 saturated heterocycles. The minimum atomic E-state index is -0.980. The number of ether oxygens (including phenoxy) is 1. The van der Waals surface area contributed by atoms with Crippen molar-refractivity contribution < 1.29 is 24.9 Å². The van der Waals surface area contributed by atoms with Crippen molar-refractivity contribution in [3.63, 3.8) is 0 Å². The summed E-state index contributed by atoms with van der Waals surface area (Å²) >= 11 is 1.54. The number of carboxylic acid groups (broad SMARTS) is 1. The van der Waals surface area contributed by atoms with Gasteiger partial charge in [-0.15, -0.1) is 11.3 Å². The van der Waals surface area contributed by atoms with Crippen molar-refractivity contribution in [2.45, 2.75) is 19.8 Å². The highest BCUT2D eigenvalue weighted by Gasteiger charge is 2.20. The summed E-state index contributed by atoms with van der Waals surface area (Å²) in [7, 11) is 0. The van der Waals surface area contributed by atoms with Gasteiger partial charge in [0.25, 0.3) is 0 Å². The van der Waals surface area contributed by atoms with Gasteiger partial charge in [0, 0.05) is 22.6 Å². The quantitative estimate of drug-likeness (QED) is 0.410. The predicted octanol–water partition coefficient (Wildman–Crippen LogP) is 6.51. The largest absolute Gasteiger partial charge is 0.512 e. The Bertz CT molecular complexity index is 1210. The third-order valence-electron chi connectivity index (χ3n) is 4.92. The number of thiophene rings is 1. The van der Waals surface area contributed by atoms with E-state index in [1.807, 2.05) is 36.4 Å².